The maximum Gasteiger partial charge on any atom is 0.208 e. The third-order valence-corrected chi connectivity index (χ3v) is 12.3. The molecule has 1 aliphatic heterocycles. The van der Waals surface area contributed by atoms with Crippen LogP contribution in [0.1, 0.15) is 41.9 Å². The number of para-hydroxylation sites is 1. The number of nitrogens with zero attached hydrogens (tertiary/aromatic N) is 2. The highest BCUT2D eigenvalue weighted by Gasteiger charge is 2.40. The molecule has 0 bridgehead atoms. The van der Waals surface area contributed by atoms with E-state index in [0.717, 1.165) is 53.8 Å². The predicted octanol–water partition coefficient (Wildman–Crippen LogP) is 10.4. The molecule has 260 valence electrons. The lowest BCUT2D eigenvalue weighted by Crippen LogP contribution is -2.41. The molecule has 3 unspecified atom stereocenters. The lowest BCUT2D eigenvalue weighted by atomic mass is 9.84. The summed E-state index contributed by atoms with van der Waals surface area (Å²) in [6, 6.07) is 38.0. The van der Waals surface area contributed by atoms with Gasteiger partial charge in [-0.25, -0.2) is 0 Å². The van der Waals surface area contributed by atoms with Gasteiger partial charge in [0.1, 0.15) is 6.17 Å². The van der Waals surface area contributed by atoms with Gasteiger partial charge in [-0.1, -0.05) is 97.1 Å². The molecule has 0 saturated carbocycles. The van der Waals surface area contributed by atoms with Crippen LogP contribution < -0.4 is 5.32 Å². The Morgan fingerprint density at radius 2 is 1.19 bits per heavy atom. The van der Waals surface area contributed by atoms with E-state index in [-0.39, 0.29) is 11.5 Å². The number of aromatic nitrogens is 1. The maximum atomic E-state index is 11.2. The average Bonchev–Trinajstić information content (AvgIpc) is 3.74. The minimum Gasteiger partial charge on any atom is -0.504 e. The van der Waals surface area contributed by atoms with Crippen molar-refractivity contribution < 1.29 is 25.5 Å². The third-order valence-electron chi connectivity index (χ3n) is 11.1. The van der Waals surface area contributed by atoms with Gasteiger partial charge in [0.15, 0.2) is 11.5 Å². The second-order valence-electron chi connectivity index (χ2n) is 13.9. The van der Waals surface area contributed by atoms with Gasteiger partial charge >= 0.3 is 0 Å². The molecule has 2 aromatic heterocycles. The molecule has 3 atom stereocenters. The molecular formula is C44H33N3O5S. The summed E-state index contributed by atoms with van der Waals surface area (Å²) in [5.41, 5.74) is 4.66. The van der Waals surface area contributed by atoms with Crippen molar-refractivity contribution in [2.75, 3.05) is 0 Å². The molecule has 53 heavy (non-hydrogen) atoms. The molecule has 0 amide bonds. The van der Waals surface area contributed by atoms with Gasteiger partial charge in [0, 0.05) is 32.0 Å². The first-order valence-corrected chi connectivity index (χ1v) is 18.3. The van der Waals surface area contributed by atoms with E-state index < -0.39 is 41.1 Å². The monoisotopic (exact) mass is 715 g/mol. The summed E-state index contributed by atoms with van der Waals surface area (Å²) in [7, 11) is 0. The molecule has 0 saturated heterocycles. The molecular weight excluding hydrogens is 683 g/mol. The highest BCUT2D eigenvalue weighted by atomic mass is 32.1. The van der Waals surface area contributed by atoms with Gasteiger partial charge in [-0.05, 0) is 58.7 Å². The molecule has 7 aromatic carbocycles. The van der Waals surface area contributed by atoms with Crippen molar-refractivity contribution in [2.24, 2.45) is 4.99 Å². The van der Waals surface area contributed by atoms with Gasteiger partial charge in [-0.15, -0.1) is 11.3 Å². The summed E-state index contributed by atoms with van der Waals surface area (Å²) in [4.78, 5) is 5.00. The number of phenolic OH excluding ortho intramolecular Hbond substituents is 5. The summed E-state index contributed by atoms with van der Waals surface area (Å²) in [5.74, 6) is -4.78. The quantitative estimate of drug-likeness (QED) is 0.0798. The van der Waals surface area contributed by atoms with E-state index in [0.29, 0.717) is 5.71 Å². The van der Waals surface area contributed by atoms with Gasteiger partial charge in [0.25, 0.3) is 0 Å². The Balaban J connectivity index is 1.36. The number of thiophene rings is 1. The highest BCUT2D eigenvalue weighted by molar-refractivity contribution is 7.27. The van der Waals surface area contributed by atoms with E-state index in [4.69, 9.17) is 4.99 Å². The van der Waals surface area contributed by atoms with Gasteiger partial charge in [0.2, 0.25) is 17.2 Å². The summed E-state index contributed by atoms with van der Waals surface area (Å²) in [6.07, 6.45) is -1.68. The van der Waals surface area contributed by atoms with Crippen LogP contribution in [-0.2, 0) is 0 Å². The van der Waals surface area contributed by atoms with Crippen molar-refractivity contribution in [3.05, 3.63) is 126 Å². The van der Waals surface area contributed by atoms with Gasteiger partial charge in [-0.2, -0.15) is 0 Å². The van der Waals surface area contributed by atoms with E-state index in [1.165, 1.54) is 20.9 Å². The Bertz CT molecular complexity index is 3020. The van der Waals surface area contributed by atoms with E-state index in [1.807, 2.05) is 25.1 Å². The molecule has 0 radical (unpaired) electrons. The Morgan fingerprint density at radius 3 is 1.92 bits per heavy atom. The fourth-order valence-electron chi connectivity index (χ4n) is 8.76. The summed E-state index contributed by atoms with van der Waals surface area (Å²) >= 11 is 1.76. The molecule has 9 heteroatoms. The summed E-state index contributed by atoms with van der Waals surface area (Å²) in [6.45, 7) is 4.07. The topological polar surface area (TPSA) is 130 Å². The van der Waals surface area contributed by atoms with Crippen LogP contribution in [0.4, 0.5) is 0 Å². The molecule has 1 aliphatic rings. The molecule has 8 nitrogen and oxygen atoms in total. The van der Waals surface area contributed by atoms with Crippen LogP contribution in [0.15, 0.2) is 114 Å². The number of aryl methyl sites for hydroxylation is 1. The minimum atomic E-state index is -1.12. The predicted molar refractivity (Wildman–Crippen MR) is 214 cm³/mol. The van der Waals surface area contributed by atoms with Crippen molar-refractivity contribution in [1.82, 2.24) is 9.88 Å². The number of fused-ring (bicyclic) bond motifs is 11. The minimum absolute atomic E-state index is 0.242. The van der Waals surface area contributed by atoms with Crippen LogP contribution in [0.5, 0.6) is 28.7 Å². The number of nitrogens with one attached hydrogen (secondary N) is 1. The Morgan fingerprint density at radius 1 is 0.604 bits per heavy atom. The molecule has 6 N–H and O–H groups in total. The lowest BCUT2D eigenvalue weighted by molar-refractivity contribution is 0.297. The van der Waals surface area contributed by atoms with E-state index in [1.54, 1.807) is 11.3 Å². The zero-order valence-corrected chi connectivity index (χ0v) is 29.5. The Labute approximate surface area is 306 Å². The van der Waals surface area contributed by atoms with Gasteiger partial charge < -0.3 is 30.1 Å². The molecule has 0 aliphatic carbocycles. The number of aromatic hydroxyl groups is 5. The van der Waals surface area contributed by atoms with Crippen LogP contribution in [0.2, 0.25) is 0 Å². The first-order chi connectivity index (χ1) is 25.7. The first-order valence-electron chi connectivity index (χ1n) is 17.5. The van der Waals surface area contributed by atoms with Crippen molar-refractivity contribution >= 4 is 80.6 Å². The van der Waals surface area contributed by atoms with Crippen molar-refractivity contribution in [3.8, 4) is 28.7 Å². The van der Waals surface area contributed by atoms with E-state index >= 15 is 0 Å². The molecule has 0 fully saturated rings. The van der Waals surface area contributed by atoms with Crippen molar-refractivity contribution in [2.45, 2.75) is 32.1 Å². The van der Waals surface area contributed by atoms with Crippen LogP contribution in [0.25, 0.3) is 63.5 Å². The van der Waals surface area contributed by atoms with Crippen LogP contribution in [0.3, 0.4) is 0 Å². The SMILES string of the molecule is CC1=NC(c2c(O)c(O)c(O)c(O)c2O)NC(n2c3ccccc3c3c4ccccc4c4c5ccccc5sc4c32)C1c1ccc2ccccc2c1C. The maximum absolute atomic E-state index is 11.2. The molecule has 9 aromatic rings. The van der Waals surface area contributed by atoms with E-state index in [2.05, 4.69) is 108 Å². The molecule has 10 rings (SSSR count). The number of benzene rings is 7. The molecule has 3 heterocycles. The average molecular weight is 716 g/mol. The summed E-state index contributed by atoms with van der Waals surface area (Å²) in [5, 5.41) is 66.6. The fraction of sp³-hybridized carbons (Fsp3) is 0.114. The fourth-order valence-corrected chi connectivity index (χ4v) is 10.0. The molecule has 0 spiro atoms. The van der Waals surface area contributed by atoms with Gasteiger partial charge in [-0.3, -0.25) is 10.3 Å². The van der Waals surface area contributed by atoms with Crippen LogP contribution in [-0.4, -0.2) is 35.8 Å². The lowest BCUT2D eigenvalue weighted by Gasteiger charge is -2.39. The first kappa shape index (κ1) is 31.4. The van der Waals surface area contributed by atoms with Crippen LogP contribution in [0, 0.1) is 6.92 Å². The standard InChI is InChI=1S/C44H33N3O5S/c1-21-24-12-4-3-11-23(24)19-20-25(21)32-22(2)45-43(35-37(48)39(50)41(52)40(51)38(35)49)46-44(32)47-30-17-9-7-15-28(30)33-26-13-5-6-14-27(26)34-29-16-8-10-18-31(29)53-42(34)36(33)47/h3-20,32,43-44,46,48-52H,1-2H3. The number of aliphatic imine (C=N–C) groups is 1. The van der Waals surface area contributed by atoms with Crippen LogP contribution >= 0.6 is 11.3 Å². The Kier molecular flexibility index (Phi) is 6.74. The number of phenols is 5. The number of hydrogen-bond acceptors (Lipinski definition) is 8. The normalized spacial score (nSPS) is 17.8. The van der Waals surface area contributed by atoms with E-state index in [9.17, 15) is 25.5 Å². The Hall–Kier alpha value is -6.29. The van der Waals surface area contributed by atoms with Crippen molar-refractivity contribution in [3.63, 3.8) is 0 Å². The highest BCUT2D eigenvalue weighted by Crippen LogP contribution is 2.55. The van der Waals surface area contributed by atoms with Crippen molar-refractivity contribution in [1.29, 1.82) is 0 Å². The third kappa shape index (κ3) is 4.29. The largest absolute Gasteiger partial charge is 0.504 e. The smallest absolute Gasteiger partial charge is 0.208 e. The van der Waals surface area contributed by atoms with Gasteiger partial charge in [0.05, 0.1) is 33.4 Å². The number of hydrogen-bond donors (Lipinski definition) is 6. The zero-order valence-electron chi connectivity index (χ0n) is 28.7. The summed E-state index contributed by atoms with van der Waals surface area (Å²) < 4.78 is 4.65. The zero-order chi connectivity index (χ0) is 36.3. The second-order valence-corrected chi connectivity index (χ2v) is 14.9. The second kappa shape index (κ2) is 11.4. The number of rotatable bonds is 3.